The second-order valence-electron chi connectivity index (χ2n) is 6.62. The van der Waals surface area contributed by atoms with Crippen molar-refractivity contribution in [3.8, 4) is 0 Å². The van der Waals surface area contributed by atoms with Crippen molar-refractivity contribution in [2.75, 3.05) is 4.43 Å². The molecule has 1 saturated carbocycles. The molecule has 0 unspecified atom stereocenters. The lowest BCUT2D eigenvalue weighted by Gasteiger charge is -2.27. The van der Waals surface area contributed by atoms with Crippen molar-refractivity contribution in [3.05, 3.63) is 12.7 Å². The van der Waals surface area contributed by atoms with Gasteiger partial charge in [-0.05, 0) is 41.1 Å². The van der Waals surface area contributed by atoms with Gasteiger partial charge in [0.15, 0.2) is 5.78 Å². The zero-order valence-corrected chi connectivity index (χ0v) is 15.6. The van der Waals surface area contributed by atoms with Crippen LogP contribution in [-0.2, 0) is 9.59 Å². The monoisotopic (exact) mass is 404 g/mol. The van der Waals surface area contributed by atoms with Crippen molar-refractivity contribution in [2.45, 2.75) is 58.8 Å². The molecule has 1 rings (SSSR count). The topological polar surface area (TPSA) is 34.1 Å². The van der Waals surface area contributed by atoms with Crippen LogP contribution in [0.25, 0.3) is 0 Å². The van der Waals surface area contributed by atoms with Crippen LogP contribution in [0, 0.1) is 23.7 Å². The molecule has 0 aromatic heterocycles. The highest BCUT2D eigenvalue weighted by Gasteiger charge is 2.43. The number of carbonyl (C=O) groups is 2. The van der Waals surface area contributed by atoms with Crippen molar-refractivity contribution in [1.29, 1.82) is 0 Å². The number of halogens is 1. The quantitative estimate of drug-likeness (QED) is 0.222. The van der Waals surface area contributed by atoms with E-state index in [1.165, 1.54) is 36.2 Å². The fourth-order valence-corrected chi connectivity index (χ4v) is 4.34. The maximum atomic E-state index is 12.3. The second-order valence-corrected chi connectivity index (χ2v) is 7.70. The lowest BCUT2D eigenvalue weighted by Crippen LogP contribution is -2.25. The maximum absolute atomic E-state index is 12.3. The molecule has 0 radical (unpaired) electrons. The van der Waals surface area contributed by atoms with Crippen molar-refractivity contribution in [2.24, 2.45) is 23.7 Å². The van der Waals surface area contributed by atoms with Gasteiger partial charge in [-0.3, -0.25) is 9.59 Å². The Morgan fingerprint density at radius 3 is 2.57 bits per heavy atom. The Hall–Kier alpha value is -0.190. The lowest BCUT2D eigenvalue weighted by molar-refractivity contribution is -0.125. The molecule has 0 amide bonds. The second kappa shape index (κ2) is 9.75. The highest BCUT2D eigenvalue weighted by Crippen LogP contribution is 2.43. The molecular formula is C18H29IO2. The molecule has 2 nitrogen and oxygen atoms in total. The minimum absolute atomic E-state index is 0.0155. The van der Waals surface area contributed by atoms with E-state index in [-0.39, 0.29) is 11.7 Å². The first-order chi connectivity index (χ1) is 10.0. The number of rotatable bonds is 10. The average molecular weight is 404 g/mol. The third-order valence-electron chi connectivity index (χ3n) is 4.76. The largest absolute Gasteiger partial charge is 0.299 e. The Morgan fingerprint density at radius 2 is 2.00 bits per heavy atom. The number of hydrogen-bond donors (Lipinski definition) is 0. The molecule has 1 aliphatic carbocycles. The number of unbranched alkanes of at least 4 members (excludes halogenated alkanes) is 3. The summed E-state index contributed by atoms with van der Waals surface area (Å²) in [6, 6.07) is 0. The molecule has 0 bridgehead atoms. The van der Waals surface area contributed by atoms with E-state index >= 15 is 0 Å². The van der Waals surface area contributed by atoms with E-state index in [4.69, 9.17) is 0 Å². The van der Waals surface area contributed by atoms with E-state index in [1.807, 2.05) is 0 Å². The minimum atomic E-state index is -0.0603. The molecule has 21 heavy (non-hydrogen) atoms. The van der Waals surface area contributed by atoms with Crippen LogP contribution >= 0.6 is 22.6 Å². The normalized spacial score (nSPS) is 25.5. The number of alkyl halides is 1. The van der Waals surface area contributed by atoms with Gasteiger partial charge >= 0.3 is 0 Å². The van der Waals surface area contributed by atoms with Gasteiger partial charge in [-0.15, -0.1) is 0 Å². The predicted octanol–water partition coefficient (Wildman–Crippen LogP) is 4.99. The van der Waals surface area contributed by atoms with E-state index in [1.54, 1.807) is 0 Å². The first kappa shape index (κ1) is 18.9. The van der Waals surface area contributed by atoms with Crippen molar-refractivity contribution in [3.63, 3.8) is 0 Å². The van der Waals surface area contributed by atoms with Crippen LogP contribution in [-0.4, -0.2) is 16.0 Å². The third kappa shape index (κ3) is 5.84. The molecule has 0 N–H and O–H groups in total. The summed E-state index contributed by atoms with van der Waals surface area (Å²) in [6.45, 7) is 7.92. The number of ketones is 2. The van der Waals surface area contributed by atoms with Gasteiger partial charge in [-0.25, -0.2) is 0 Å². The molecule has 1 aliphatic rings. The predicted molar refractivity (Wildman–Crippen MR) is 96.7 cm³/mol. The smallest absolute Gasteiger partial charge is 0.155 e. The Labute approximate surface area is 143 Å². The highest BCUT2D eigenvalue weighted by molar-refractivity contribution is 14.1. The van der Waals surface area contributed by atoms with Gasteiger partial charge in [0.05, 0.1) is 0 Å². The first-order valence-corrected chi connectivity index (χ1v) is 9.77. The van der Waals surface area contributed by atoms with Crippen molar-refractivity contribution < 1.29 is 9.59 Å². The van der Waals surface area contributed by atoms with Gasteiger partial charge in [0.2, 0.25) is 0 Å². The molecule has 0 spiro atoms. The van der Waals surface area contributed by atoms with Crippen molar-refractivity contribution >= 4 is 34.2 Å². The van der Waals surface area contributed by atoms with Crippen LogP contribution in [0.3, 0.4) is 0 Å². The summed E-state index contributed by atoms with van der Waals surface area (Å²) in [5.74, 6) is 1.60. The lowest BCUT2D eigenvalue weighted by atomic mass is 9.77. The van der Waals surface area contributed by atoms with E-state index in [2.05, 4.69) is 43.0 Å². The van der Waals surface area contributed by atoms with E-state index in [0.29, 0.717) is 36.4 Å². The SMILES string of the molecule is C=CC(=O)C[C@@H]1C(=O)C[C@H](CCCCCCI)[C@H]1C(C)C. The van der Waals surface area contributed by atoms with Crippen LogP contribution < -0.4 is 0 Å². The summed E-state index contributed by atoms with van der Waals surface area (Å²) in [5, 5.41) is 0. The van der Waals surface area contributed by atoms with E-state index in [0.717, 1.165) is 6.42 Å². The molecule has 0 aromatic rings. The minimum Gasteiger partial charge on any atom is -0.299 e. The molecule has 1 fully saturated rings. The third-order valence-corrected chi connectivity index (χ3v) is 5.53. The Bertz CT molecular complexity index is 362. The fraction of sp³-hybridized carbons (Fsp3) is 0.778. The molecule has 0 aliphatic heterocycles. The van der Waals surface area contributed by atoms with Gasteiger partial charge in [0.25, 0.3) is 0 Å². The van der Waals surface area contributed by atoms with Gasteiger partial charge in [0.1, 0.15) is 5.78 Å². The van der Waals surface area contributed by atoms with Crippen molar-refractivity contribution in [1.82, 2.24) is 0 Å². The van der Waals surface area contributed by atoms with Crippen LogP contribution in [0.5, 0.6) is 0 Å². The average Bonchev–Trinajstić information content (AvgIpc) is 2.75. The number of hydrogen-bond acceptors (Lipinski definition) is 2. The summed E-state index contributed by atoms with van der Waals surface area (Å²) < 4.78 is 1.24. The maximum Gasteiger partial charge on any atom is 0.155 e. The van der Waals surface area contributed by atoms with Gasteiger partial charge in [-0.1, -0.05) is 62.3 Å². The van der Waals surface area contributed by atoms with Gasteiger partial charge in [0, 0.05) is 18.8 Å². The first-order valence-electron chi connectivity index (χ1n) is 8.25. The number of carbonyl (C=O) groups excluding carboxylic acids is 2. The zero-order chi connectivity index (χ0) is 15.8. The van der Waals surface area contributed by atoms with Gasteiger partial charge in [-0.2, -0.15) is 0 Å². The van der Waals surface area contributed by atoms with Crippen LogP contribution in [0.15, 0.2) is 12.7 Å². The van der Waals surface area contributed by atoms with Crippen LogP contribution in [0.2, 0.25) is 0 Å². The summed E-state index contributed by atoms with van der Waals surface area (Å²) in [4.78, 5) is 23.9. The summed E-state index contributed by atoms with van der Waals surface area (Å²) in [5.41, 5.74) is 0. The van der Waals surface area contributed by atoms with E-state index in [9.17, 15) is 9.59 Å². The summed E-state index contributed by atoms with van der Waals surface area (Å²) >= 11 is 2.42. The molecule has 120 valence electrons. The highest BCUT2D eigenvalue weighted by atomic mass is 127. The summed E-state index contributed by atoms with van der Waals surface area (Å²) in [7, 11) is 0. The molecule has 0 aromatic carbocycles. The Kier molecular flexibility index (Phi) is 8.76. The zero-order valence-electron chi connectivity index (χ0n) is 13.4. The fourth-order valence-electron chi connectivity index (χ4n) is 3.80. The van der Waals surface area contributed by atoms with E-state index < -0.39 is 0 Å². The van der Waals surface area contributed by atoms with Gasteiger partial charge < -0.3 is 0 Å². The molecule has 0 saturated heterocycles. The molecule has 0 heterocycles. The van der Waals surface area contributed by atoms with Crippen LogP contribution in [0.4, 0.5) is 0 Å². The van der Waals surface area contributed by atoms with Crippen LogP contribution in [0.1, 0.15) is 58.8 Å². The number of Topliss-reactive ketones (excluding diaryl/α,β-unsaturated/α-hetero) is 1. The Morgan fingerprint density at radius 1 is 1.33 bits per heavy atom. The molecular weight excluding hydrogens is 375 g/mol. The molecule has 3 atom stereocenters. The molecule has 3 heteroatoms. The summed E-state index contributed by atoms with van der Waals surface area (Å²) in [6.07, 6.45) is 8.66. The Balaban J connectivity index is 2.57. The standard InChI is InChI=1S/C18H29IO2/c1-4-15(20)12-16-17(21)11-14(18(16)13(2)3)9-7-5-6-8-10-19/h4,13-14,16,18H,1,5-12H2,2-3H3/t14-,16+,18+/m0/s1. The number of allylic oxidation sites excluding steroid dienone is 1.